The van der Waals surface area contributed by atoms with Crippen LogP contribution in [0.4, 0.5) is 5.13 Å². The smallest absolute Gasteiger partial charge is 0.240 e. The minimum atomic E-state index is -0.0408. The Morgan fingerprint density at radius 1 is 1.16 bits per heavy atom. The third-order valence-electron chi connectivity index (χ3n) is 4.28. The highest BCUT2D eigenvalue weighted by molar-refractivity contribution is 7.13. The van der Waals surface area contributed by atoms with Crippen LogP contribution in [0, 0.1) is 0 Å². The molecule has 1 aromatic carbocycles. The number of nitrogens with zero attached hydrogens (tertiary/aromatic N) is 4. The third-order valence-corrected chi connectivity index (χ3v) is 4.89. The van der Waals surface area contributed by atoms with E-state index < -0.39 is 0 Å². The molecule has 1 N–H and O–H groups in total. The number of amides is 1. The maximum absolute atomic E-state index is 12.0. The van der Waals surface area contributed by atoms with Crippen LogP contribution in [0.25, 0.3) is 0 Å². The first kappa shape index (κ1) is 16.2. The molecule has 25 heavy (non-hydrogen) atoms. The zero-order valence-corrected chi connectivity index (χ0v) is 14.5. The summed E-state index contributed by atoms with van der Waals surface area (Å²) in [5.74, 6) is 1.60. The van der Waals surface area contributed by atoms with Crippen LogP contribution in [-0.4, -0.2) is 65.4 Å². The van der Waals surface area contributed by atoms with Crippen LogP contribution < -0.4 is 14.8 Å². The number of carbonyl (C=O) groups excluding carboxylic acids is 1. The maximum Gasteiger partial charge on any atom is 0.240 e. The topological polar surface area (TPSA) is 79.8 Å². The summed E-state index contributed by atoms with van der Waals surface area (Å²) < 4.78 is 10.8. The van der Waals surface area contributed by atoms with Gasteiger partial charge in [-0.25, -0.2) is 0 Å². The molecule has 0 saturated carbocycles. The molecule has 0 aliphatic carbocycles. The Labute approximate surface area is 149 Å². The van der Waals surface area contributed by atoms with Crippen molar-refractivity contribution in [2.75, 3.05) is 44.8 Å². The number of nitrogens with one attached hydrogen (secondary N) is 1. The van der Waals surface area contributed by atoms with Crippen molar-refractivity contribution in [3.8, 4) is 11.5 Å². The lowest BCUT2D eigenvalue weighted by atomic mass is 10.1. The minimum Gasteiger partial charge on any atom is -0.454 e. The Balaban J connectivity index is 1.23. The monoisotopic (exact) mass is 361 g/mol. The van der Waals surface area contributed by atoms with Crippen molar-refractivity contribution in [3.05, 3.63) is 29.3 Å². The fraction of sp³-hybridized carbons (Fsp3) is 0.438. The van der Waals surface area contributed by atoms with E-state index in [9.17, 15) is 4.79 Å². The average Bonchev–Trinajstić information content (AvgIpc) is 3.27. The molecule has 132 valence electrons. The van der Waals surface area contributed by atoms with Crippen molar-refractivity contribution in [1.29, 1.82) is 0 Å². The van der Waals surface area contributed by atoms with Gasteiger partial charge in [-0.15, -0.1) is 10.2 Å². The summed E-state index contributed by atoms with van der Waals surface area (Å²) >= 11 is 1.32. The van der Waals surface area contributed by atoms with E-state index in [-0.39, 0.29) is 5.91 Å². The van der Waals surface area contributed by atoms with Crippen molar-refractivity contribution in [2.45, 2.75) is 6.54 Å². The first-order valence-corrected chi connectivity index (χ1v) is 9.03. The first-order valence-electron chi connectivity index (χ1n) is 8.15. The number of fused-ring (bicyclic) bond motifs is 1. The number of anilines is 1. The van der Waals surface area contributed by atoms with E-state index in [0.29, 0.717) is 18.5 Å². The fourth-order valence-electron chi connectivity index (χ4n) is 2.99. The number of carbonyl (C=O) groups is 1. The largest absolute Gasteiger partial charge is 0.454 e. The number of piperazine rings is 1. The highest BCUT2D eigenvalue weighted by Crippen LogP contribution is 2.32. The summed E-state index contributed by atoms with van der Waals surface area (Å²) in [5.41, 5.74) is 2.82. The molecule has 0 unspecified atom stereocenters. The molecule has 2 aliphatic rings. The molecule has 1 fully saturated rings. The third kappa shape index (κ3) is 4.06. The molecule has 8 nitrogen and oxygen atoms in total. The van der Waals surface area contributed by atoms with Crippen LogP contribution in [-0.2, 0) is 11.3 Å². The molecule has 0 bridgehead atoms. The van der Waals surface area contributed by atoms with Crippen LogP contribution in [0.2, 0.25) is 0 Å². The van der Waals surface area contributed by atoms with Gasteiger partial charge in [-0.1, -0.05) is 17.4 Å². The minimum absolute atomic E-state index is 0.0408. The van der Waals surface area contributed by atoms with Gasteiger partial charge in [-0.05, 0) is 17.7 Å². The molecule has 9 heteroatoms. The number of benzene rings is 1. The van der Waals surface area contributed by atoms with Gasteiger partial charge in [0.25, 0.3) is 0 Å². The Kier molecular flexibility index (Phi) is 4.77. The quantitative estimate of drug-likeness (QED) is 0.852. The van der Waals surface area contributed by atoms with Gasteiger partial charge in [0.2, 0.25) is 17.8 Å². The normalized spacial score (nSPS) is 17.6. The Morgan fingerprint density at radius 3 is 2.76 bits per heavy atom. The molecule has 0 atom stereocenters. The molecule has 1 amide bonds. The second kappa shape index (κ2) is 7.34. The highest BCUT2D eigenvalue weighted by Gasteiger charge is 2.20. The molecule has 1 saturated heterocycles. The van der Waals surface area contributed by atoms with Gasteiger partial charge in [0.1, 0.15) is 5.51 Å². The molecular formula is C16H19N5O3S. The van der Waals surface area contributed by atoms with Gasteiger partial charge in [0.05, 0.1) is 6.54 Å². The number of hydrogen-bond acceptors (Lipinski definition) is 8. The predicted molar refractivity (Wildman–Crippen MR) is 92.8 cm³/mol. The van der Waals surface area contributed by atoms with Crippen LogP contribution in [0.5, 0.6) is 11.5 Å². The van der Waals surface area contributed by atoms with Crippen molar-refractivity contribution < 1.29 is 14.3 Å². The van der Waals surface area contributed by atoms with Gasteiger partial charge < -0.3 is 9.47 Å². The predicted octanol–water partition coefficient (Wildman–Crippen LogP) is 1.02. The van der Waals surface area contributed by atoms with Crippen molar-refractivity contribution >= 4 is 22.4 Å². The number of aromatic nitrogens is 2. The maximum atomic E-state index is 12.0. The van der Waals surface area contributed by atoms with E-state index in [2.05, 4.69) is 31.4 Å². The molecule has 0 radical (unpaired) electrons. The summed E-state index contributed by atoms with van der Waals surface area (Å²) in [6, 6.07) is 6.09. The lowest BCUT2D eigenvalue weighted by Crippen LogP contribution is -2.48. The van der Waals surface area contributed by atoms with Crippen LogP contribution in [0.15, 0.2) is 23.7 Å². The molecule has 1 aromatic heterocycles. The Bertz CT molecular complexity index is 731. The molecule has 2 aliphatic heterocycles. The zero-order valence-electron chi connectivity index (χ0n) is 13.7. The molecule has 2 aromatic rings. The van der Waals surface area contributed by atoms with Crippen LogP contribution in [0.3, 0.4) is 0 Å². The zero-order chi connectivity index (χ0) is 17.1. The van der Waals surface area contributed by atoms with E-state index in [0.717, 1.165) is 44.2 Å². The molecule has 4 rings (SSSR count). The lowest BCUT2D eigenvalue weighted by Gasteiger charge is -2.34. The van der Waals surface area contributed by atoms with Crippen molar-refractivity contribution in [3.63, 3.8) is 0 Å². The summed E-state index contributed by atoms with van der Waals surface area (Å²) in [4.78, 5) is 16.6. The van der Waals surface area contributed by atoms with Gasteiger partial charge in [-0.3, -0.25) is 19.9 Å². The second-order valence-electron chi connectivity index (χ2n) is 6.03. The summed E-state index contributed by atoms with van der Waals surface area (Å²) in [6.45, 7) is 5.17. The Morgan fingerprint density at radius 2 is 1.96 bits per heavy atom. The standard InChI is InChI=1S/C16H19N5O3S/c22-15(18-16-19-17-10-25-16)9-21-5-3-20(4-6-21)8-12-1-2-13-14(7-12)24-11-23-13/h1-2,7,10H,3-6,8-9,11H2,(H,18,19,22). The van der Waals surface area contributed by atoms with Crippen molar-refractivity contribution in [1.82, 2.24) is 20.0 Å². The van der Waals surface area contributed by atoms with E-state index in [1.165, 1.54) is 16.9 Å². The fourth-order valence-corrected chi connectivity index (χ4v) is 3.45. The van der Waals surface area contributed by atoms with Crippen molar-refractivity contribution in [2.24, 2.45) is 0 Å². The van der Waals surface area contributed by atoms with Gasteiger partial charge >= 0.3 is 0 Å². The molecule has 0 spiro atoms. The molecular weight excluding hydrogens is 342 g/mol. The van der Waals surface area contributed by atoms with Gasteiger partial charge in [0, 0.05) is 32.7 Å². The van der Waals surface area contributed by atoms with Crippen LogP contribution in [0.1, 0.15) is 5.56 Å². The van der Waals surface area contributed by atoms with Gasteiger partial charge in [-0.2, -0.15) is 0 Å². The second-order valence-corrected chi connectivity index (χ2v) is 6.87. The van der Waals surface area contributed by atoms with Crippen LogP contribution >= 0.6 is 11.3 Å². The van der Waals surface area contributed by atoms with E-state index in [1.54, 1.807) is 5.51 Å². The van der Waals surface area contributed by atoms with E-state index in [1.807, 2.05) is 12.1 Å². The summed E-state index contributed by atoms with van der Waals surface area (Å²) in [5, 5.41) is 10.9. The first-order chi connectivity index (χ1) is 12.3. The lowest BCUT2D eigenvalue weighted by molar-refractivity contribution is -0.117. The number of hydrogen-bond donors (Lipinski definition) is 1. The summed E-state index contributed by atoms with van der Waals surface area (Å²) in [7, 11) is 0. The van der Waals surface area contributed by atoms with E-state index in [4.69, 9.17) is 9.47 Å². The van der Waals surface area contributed by atoms with Gasteiger partial charge in [0.15, 0.2) is 11.5 Å². The van der Waals surface area contributed by atoms with E-state index >= 15 is 0 Å². The average molecular weight is 361 g/mol. The highest BCUT2D eigenvalue weighted by atomic mass is 32.1. The Hall–Kier alpha value is -2.23. The SMILES string of the molecule is O=C(CN1CCN(Cc2ccc3c(c2)OCO3)CC1)Nc1nncs1. The molecule has 3 heterocycles. The number of ether oxygens (including phenoxy) is 2. The summed E-state index contributed by atoms with van der Waals surface area (Å²) in [6.07, 6.45) is 0. The number of rotatable bonds is 5.